The Morgan fingerprint density at radius 1 is 1.21 bits per heavy atom. The van der Waals surface area contributed by atoms with Crippen LogP contribution in [-0.4, -0.2) is 18.2 Å². The van der Waals surface area contributed by atoms with E-state index in [-0.39, 0.29) is 33.4 Å². The van der Waals surface area contributed by atoms with E-state index in [1.807, 2.05) is 0 Å². The van der Waals surface area contributed by atoms with Crippen LogP contribution in [0.2, 0.25) is 15.2 Å². The van der Waals surface area contributed by atoms with E-state index >= 15 is 0 Å². The Morgan fingerprint density at radius 2 is 1.79 bits per heavy atom. The lowest BCUT2D eigenvalue weighted by atomic mass is 10.5. The molecule has 108 valence electrons. The molecular weight excluding hydrogens is 356 g/mol. The number of halogens is 3. The fourth-order valence-corrected chi connectivity index (χ4v) is 3.57. The molecule has 0 radical (unpaired) electrons. The highest BCUT2D eigenvalue weighted by Gasteiger charge is 2.27. The molecule has 5 nitrogen and oxygen atoms in total. The average Bonchev–Trinajstić information content (AvgIpc) is 2.33. The van der Waals surface area contributed by atoms with E-state index in [4.69, 9.17) is 47.8 Å². The van der Waals surface area contributed by atoms with Gasteiger partial charge in [0.25, 0.3) is 0 Å². The van der Waals surface area contributed by atoms with Crippen molar-refractivity contribution in [2.24, 2.45) is 0 Å². The number of pyridine rings is 1. The number of rotatable bonds is 7. The van der Waals surface area contributed by atoms with Crippen LogP contribution in [0.4, 0.5) is 0 Å². The topological polar surface area (TPSA) is 57.7 Å². The van der Waals surface area contributed by atoms with Gasteiger partial charge in [-0.15, -0.1) is 0 Å². The fraction of sp³-hybridized carbons (Fsp3) is 0.444. The molecule has 1 aromatic heterocycles. The maximum absolute atomic E-state index is 12.0. The highest BCUT2D eigenvalue weighted by atomic mass is 35.5. The van der Waals surface area contributed by atoms with Crippen LogP contribution >= 0.6 is 54.7 Å². The normalized spacial score (nSPS) is 11.8. The van der Waals surface area contributed by atoms with Crippen LogP contribution in [0.15, 0.2) is 11.1 Å². The van der Waals surface area contributed by atoms with Crippen molar-refractivity contribution < 1.29 is 17.6 Å². The summed E-state index contributed by atoms with van der Waals surface area (Å²) in [6, 6.07) is 1.41. The summed E-state index contributed by atoms with van der Waals surface area (Å²) in [7, 11) is -3.64. The lowest BCUT2D eigenvalue weighted by Gasteiger charge is -2.15. The molecule has 0 bridgehead atoms. The van der Waals surface area contributed by atoms with Crippen LogP contribution in [0.3, 0.4) is 0 Å². The molecule has 1 rings (SSSR count). The Balaban J connectivity index is 2.80. The number of phosphoric acid groups is 1. The first kappa shape index (κ1) is 17.5. The van der Waals surface area contributed by atoms with E-state index in [1.54, 1.807) is 13.8 Å². The van der Waals surface area contributed by atoms with Gasteiger partial charge in [-0.25, -0.2) is 13.5 Å². The van der Waals surface area contributed by atoms with Crippen molar-refractivity contribution in [2.75, 3.05) is 13.2 Å². The van der Waals surface area contributed by atoms with E-state index in [2.05, 4.69) is 4.98 Å². The van der Waals surface area contributed by atoms with Gasteiger partial charge in [0.2, 0.25) is 0 Å². The number of hydrogen-bond donors (Lipinski definition) is 0. The first-order chi connectivity index (χ1) is 8.91. The second-order valence-electron chi connectivity index (χ2n) is 2.99. The minimum Gasteiger partial charge on any atom is -0.287 e. The van der Waals surface area contributed by atoms with Crippen molar-refractivity contribution in [3.63, 3.8) is 0 Å². The monoisotopic (exact) mass is 365 g/mol. The smallest absolute Gasteiger partial charge is 0.287 e. The summed E-state index contributed by atoms with van der Waals surface area (Å²) in [5, 5.41) is 0.725. The molecule has 10 heteroatoms. The quantitative estimate of drug-likeness (QED) is 0.373. The summed E-state index contributed by atoms with van der Waals surface area (Å²) in [6.45, 7) is 3.70. The molecule has 0 spiro atoms. The summed E-state index contributed by atoms with van der Waals surface area (Å²) in [5.41, 5.74) is 0. The van der Waals surface area contributed by atoms with Gasteiger partial charge >= 0.3 is 7.82 Å². The third-order valence-corrected chi connectivity index (χ3v) is 5.36. The van der Waals surface area contributed by atoms with E-state index in [0.29, 0.717) is 12.0 Å². The maximum Gasteiger partial charge on any atom is 0.486 e. The second kappa shape index (κ2) is 8.05. The SMILES string of the molecule is CCOP(=O)(OCC)OSc1nc(Cl)c(Cl)cc1Cl. The molecule has 1 aromatic rings. The van der Waals surface area contributed by atoms with Gasteiger partial charge in [0.1, 0.15) is 10.2 Å². The first-order valence-electron chi connectivity index (χ1n) is 5.18. The van der Waals surface area contributed by atoms with E-state index in [0.717, 1.165) is 0 Å². The fourth-order valence-electron chi connectivity index (χ4n) is 0.964. The molecule has 19 heavy (non-hydrogen) atoms. The molecule has 0 saturated carbocycles. The number of hydrogen-bond acceptors (Lipinski definition) is 6. The van der Waals surface area contributed by atoms with Crippen LogP contribution in [0.1, 0.15) is 13.8 Å². The third kappa shape index (κ3) is 5.40. The zero-order valence-corrected chi connectivity index (χ0v) is 14.0. The van der Waals surface area contributed by atoms with Crippen LogP contribution in [0.25, 0.3) is 0 Å². The molecule has 0 N–H and O–H groups in total. The summed E-state index contributed by atoms with van der Waals surface area (Å²) in [4.78, 5) is 3.90. The largest absolute Gasteiger partial charge is 0.486 e. The predicted molar refractivity (Wildman–Crippen MR) is 77.1 cm³/mol. The van der Waals surface area contributed by atoms with Crippen LogP contribution in [0, 0.1) is 0 Å². The van der Waals surface area contributed by atoms with E-state index in [1.165, 1.54) is 6.07 Å². The summed E-state index contributed by atoms with van der Waals surface area (Å²) >= 11 is 18.1. The van der Waals surface area contributed by atoms with Crippen molar-refractivity contribution in [1.29, 1.82) is 0 Å². The Hall–Kier alpha value is 0.480. The standard InChI is InChI=1S/C9H11Cl3NO4PS/c1-3-15-18(14,16-4-2)17-19-9-7(11)5-6(10)8(12)13-9/h5H,3-4H2,1-2H3. The third-order valence-electron chi connectivity index (χ3n) is 1.64. The van der Waals surface area contributed by atoms with Gasteiger partial charge in [-0.1, -0.05) is 34.8 Å². The summed E-state index contributed by atoms with van der Waals surface area (Å²) < 4.78 is 27.0. The Labute approximate surface area is 130 Å². The molecule has 0 aliphatic rings. The van der Waals surface area contributed by atoms with Crippen molar-refractivity contribution >= 4 is 54.7 Å². The Kier molecular flexibility index (Phi) is 7.43. The van der Waals surface area contributed by atoms with Crippen LogP contribution < -0.4 is 0 Å². The van der Waals surface area contributed by atoms with Gasteiger partial charge in [-0.3, -0.25) is 9.05 Å². The van der Waals surface area contributed by atoms with Crippen molar-refractivity contribution in [3.05, 3.63) is 21.3 Å². The van der Waals surface area contributed by atoms with E-state index in [9.17, 15) is 4.57 Å². The zero-order chi connectivity index (χ0) is 14.5. The van der Waals surface area contributed by atoms with Crippen LogP contribution in [0.5, 0.6) is 0 Å². The molecule has 0 saturated heterocycles. The first-order valence-corrected chi connectivity index (χ1v) is 8.52. The Morgan fingerprint density at radius 3 is 2.32 bits per heavy atom. The summed E-state index contributed by atoms with van der Waals surface area (Å²) in [6.07, 6.45) is 0. The second-order valence-corrected chi connectivity index (χ2v) is 6.72. The van der Waals surface area contributed by atoms with Crippen molar-refractivity contribution in [1.82, 2.24) is 4.98 Å². The number of phosphoric ester groups is 1. The van der Waals surface area contributed by atoms with Gasteiger partial charge in [-0.2, -0.15) is 0 Å². The number of aromatic nitrogens is 1. The highest BCUT2D eigenvalue weighted by molar-refractivity contribution is 7.98. The Bertz CT molecular complexity index is 481. The molecule has 1 heterocycles. The molecular formula is C9H11Cl3NO4PS. The van der Waals surface area contributed by atoms with Gasteiger partial charge in [0.05, 0.1) is 35.3 Å². The van der Waals surface area contributed by atoms with Gasteiger partial charge in [-0.05, 0) is 19.9 Å². The maximum atomic E-state index is 12.0. The molecule has 0 aliphatic carbocycles. The van der Waals surface area contributed by atoms with E-state index < -0.39 is 7.82 Å². The molecule has 0 aromatic carbocycles. The predicted octanol–water partition coefficient (Wildman–Crippen LogP) is 5.25. The van der Waals surface area contributed by atoms with Crippen molar-refractivity contribution in [2.45, 2.75) is 18.9 Å². The molecule has 0 fully saturated rings. The minimum atomic E-state index is -3.64. The van der Waals surface area contributed by atoms with Gasteiger partial charge in [0, 0.05) is 0 Å². The van der Waals surface area contributed by atoms with Gasteiger partial charge in [0.15, 0.2) is 0 Å². The minimum absolute atomic E-state index is 0.0693. The lowest BCUT2D eigenvalue weighted by Crippen LogP contribution is -1.97. The number of nitrogens with zero attached hydrogens (tertiary/aromatic N) is 1. The summed E-state index contributed by atoms with van der Waals surface area (Å²) in [5.74, 6) is 0. The molecule has 0 unspecified atom stereocenters. The van der Waals surface area contributed by atoms with Gasteiger partial charge < -0.3 is 0 Å². The molecule has 0 aliphatic heterocycles. The van der Waals surface area contributed by atoms with Crippen LogP contribution in [-0.2, 0) is 17.6 Å². The molecule has 0 amide bonds. The average molecular weight is 367 g/mol. The zero-order valence-electron chi connectivity index (χ0n) is 10.1. The van der Waals surface area contributed by atoms with Crippen molar-refractivity contribution in [3.8, 4) is 0 Å². The highest BCUT2D eigenvalue weighted by Crippen LogP contribution is 2.54. The molecule has 0 atom stereocenters. The lowest BCUT2D eigenvalue weighted by molar-refractivity contribution is 0.175.